The lowest BCUT2D eigenvalue weighted by molar-refractivity contribution is -0.139. The highest BCUT2D eigenvalue weighted by atomic mass is 16.4. The number of fused-ring (bicyclic) bond motifs is 1. The number of aliphatic carboxylic acids is 1. The van der Waals surface area contributed by atoms with Crippen LogP contribution in [0.5, 0.6) is 0 Å². The molecule has 0 bridgehead atoms. The Labute approximate surface area is 92.1 Å². The van der Waals surface area contributed by atoms with Gasteiger partial charge in [0.15, 0.2) is 5.58 Å². The van der Waals surface area contributed by atoms with Gasteiger partial charge in [-0.05, 0) is 19.1 Å². The molecule has 84 valence electrons. The number of benzene rings is 1. The Balaban J connectivity index is 2.07. The van der Waals surface area contributed by atoms with Gasteiger partial charge in [0, 0.05) is 0 Å². The highest BCUT2D eigenvalue weighted by Gasteiger charge is 2.11. The molecule has 0 radical (unpaired) electrons. The second-order valence-corrected chi connectivity index (χ2v) is 3.52. The van der Waals surface area contributed by atoms with Crippen LogP contribution in [0.1, 0.15) is 12.8 Å². The van der Waals surface area contributed by atoms with Gasteiger partial charge in [-0.2, -0.15) is 0 Å². The van der Waals surface area contributed by atoms with Gasteiger partial charge in [0.1, 0.15) is 11.6 Å². The van der Waals surface area contributed by atoms with Gasteiger partial charge >= 0.3 is 5.97 Å². The van der Waals surface area contributed by atoms with Crippen LogP contribution in [0.15, 0.2) is 28.7 Å². The number of para-hydroxylation sites is 2. The van der Waals surface area contributed by atoms with E-state index >= 15 is 0 Å². The lowest BCUT2D eigenvalue weighted by atomic mass is 10.3. The lowest BCUT2D eigenvalue weighted by Gasteiger charge is -2.05. The van der Waals surface area contributed by atoms with Gasteiger partial charge < -0.3 is 9.52 Å². The van der Waals surface area contributed by atoms with Crippen LogP contribution in [0.4, 0.5) is 0 Å². The molecule has 5 heteroatoms. The van der Waals surface area contributed by atoms with Crippen molar-refractivity contribution >= 4 is 17.1 Å². The summed E-state index contributed by atoms with van der Waals surface area (Å²) in [6.07, 6.45) is 0. The van der Waals surface area contributed by atoms with E-state index in [-0.39, 0.29) is 0 Å². The summed E-state index contributed by atoms with van der Waals surface area (Å²) in [5.41, 5.74) is 1.49. The molecule has 0 spiro atoms. The zero-order chi connectivity index (χ0) is 11.5. The Kier molecular flexibility index (Phi) is 2.87. The number of hydrogen-bond donors (Lipinski definition) is 2. The highest BCUT2D eigenvalue weighted by Crippen LogP contribution is 2.14. The second kappa shape index (κ2) is 4.32. The number of nitrogens with zero attached hydrogens (tertiary/aromatic N) is 1. The molecule has 0 fully saturated rings. The molecule has 1 atom stereocenters. The molecule has 0 aliphatic rings. The number of carbonyl (C=O) groups is 1. The van der Waals surface area contributed by atoms with Crippen LogP contribution < -0.4 is 5.32 Å². The quantitative estimate of drug-likeness (QED) is 0.814. The minimum atomic E-state index is -0.892. The maximum absolute atomic E-state index is 10.6. The predicted molar refractivity (Wildman–Crippen MR) is 57.9 cm³/mol. The molecule has 1 aromatic heterocycles. The van der Waals surface area contributed by atoms with Crippen LogP contribution >= 0.6 is 0 Å². The molecule has 16 heavy (non-hydrogen) atoms. The van der Waals surface area contributed by atoms with E-state index in [1.807, 2.05) is 24.3 Å². The van der Waals surface area contributed by atoms with Crippen LogP contribution in [0.3, 0.4) is 0 Å². The first kappa shape index (κ1) is 10.6. The molecule has 2 aromatic rings. The fraction of sp³-hybridized carbons (Fsp3) is 0.273. The summed E-state index contributed by atoms with van der Waals surface area (Å²) in [6, 6.07) is 6.80. The SMILES string of the molecule is C[C@H](NCc1nc2ccccc2o1)C(=O)O. The summed E-state index contributed by atoms with van der Waals surface area (Å²) >= 11 is 0. The average molecular weight is 220 g/mol. The smallest absolute Gasteiger partial charge is 0.320 e. The maximum Gasteiger partial charge on any atom is 0.320 e. The predicted octanol–water partition coefficient (Wildman–Crippen LogP) is 1.39. The minimum Gasteiger partial charge on any atom is -0.480 e. The third kappa shape index (κ3) is 2.20. The van der Waals surface area contributed by atoms with Crippen LogP contribution in [0.25, 0.3) is 11.1 Å². The number of aromatic nitrogens is 1. The molecule has 5 nitrogen and oxygen atoms in total. The van der Waals surface area contributed by atoms with Crippen molar-refractivity contribution in [1.82, 2.24) is 10.3 Å². The third-order valence-electron chi connectivity index (χ3n) is 2.27. The number of nitrogens with one attached hydrogen (secondary N) is 1. The monoisotopic (exact) mass is 220 g/mol. The second-order valence-electron chi connectivity index (χ2n) is 3.52. The number of carboxylic acids is 1. The van der Waals surface area contributed by atoms with E-state index in [0.29, 0.717) is 18.0 Å². The van der Waals surface area contributed by atoms with Gasteiger partial charge in [-0.15, -0.1) is 0 Å². The first-order valence-corrected chi connectivity index (χ1v) is 4.97. The maximum atomic E-state index is 10.6. The summed E-state index contributed by atoms with van der Waals surface area (Å²) in [5, 5.41) is 11.5. The summed E-state index contributed by atoms with van der Waals surface area (Å²) in [5.74, 6) is -0.398. The number of carboxylic acid groups (broad SMARTS) is 1. The van der Waals surface area contributed by atoms with E-state index in [1.165, 1.54) is 0 Å². The van der Waals surface area contributed by atoms with Crippen molar-refractivity contribution in [3.8, 4) is 0 Å². The van der Waals surface area contributed by atoms with Crippen molar-refractivity contribution in [3.05, 3.63) is 30.2 Å². The molecule has 0 saturated heterocycles. The molecule has 0 aliphatic heterocycles. The topological polar surface area (TPSA) is 75.4 Å². The van der Waals surface area contributed by atoms with Gasteiger partial charge in [0.05, 0.1) is 6.54 Å². The zero-order valence-electron chi connectivity index (χ0n) is 8.80. The van der Waals surface area contributed by atoms with Crippen LogP contribution in [-0.4, -0.2) is 22.1 Å². The Morgan fingerprint density at radius 2 is 2.31 bits per heavy atom. The molecule has 0 unspecified atom stereocenters. The fourth-order valence-electron chi connectivity index (χ4n) is 1.32. The van der Waals surface area contributed by atoms with E-state index in [9.17, 15) is 4.79 Å². The molecule has 0 amide bonds. The number of hydrogen-bond acceptors (Lipinski definition) is 4. The van der Waals surface area contributed by atoms with Crippen molar-refractivity contribution in [1.29, 1.82) is 0 Å². The zero-order valence-corrected chi connectivity index (χ0v) is 8.80. The molecular formula is C11H12N2O3. The van der Waals surface area contributed by atoms with E-state index < -0.39 is 12.0 Å². The first-order chi connectivity index (χ1) is 7.66. The first-order valence-electron chi connectivity index (χ1n) is 4.97. The largest absolute Gasteiger partial charge is 0.480 e. The molecule has 1 aromatic carbocycles. The fourth-order valence-corrected chi connectivity index (χ4v) is 1.32. The standard InChI is InChI=1S/C11H12N2O3/c1-7(11(14)15)12-6-10-13-8-4-2-3-5-9(8)16-10/h2-5,7,12H,6H2,1H3,(H,14,15)/t7-/m0/s1. The normalized spacial score (nSPS) is 12.8. The highest BCUT2D eigenvalue weighted by molar-refractivity contribution is 5.73. The van der Waals surface area contributed by atoms with Crippen molar-refractivity contribution in [2.45, 2.75) is 19.5 Å². The van der Waals surface area contributed by atoms with Crippen molar-refractivity contribution in [3.63, 3.8) is 0 Å². The Morgan fingerprint density at radius 1 is 1.56 bits per heavy atom. The van der Waals surface area contributed by atoms with E-state index in [1.54, 1.807) is 6.92 Å². The van der Waals surface area contributed by atoms with Gasteiger partial charge in [-0.1, -0.05) is 12.1 Å². The van der Waals surface area contributed by atoms with Gasteiger partial charge in [0.25, 0.3) is 0 Å². The number of oxazole rings is 1. The summed E-state index contributed by atoms with van der Waals surface area (Å²) < 4.78 is 5.43. The van der Waals surface area contributed by atoms with Crippen LogP contribution in [0, 0.1) is 0 Å². The van der Waals surface area contributed by atoms with Crippen molar-refractivity contribution < 1.29 is 14.3 Å². The molecule has 1 heterocycles. The average Bonchev–Trinajstić information content (AvgIpc) is 2.68. The summed E-state index contributed by atoms with van der Waals surface area (Å²) in [4.78, 5) is 14.8. The van der Waals surface area contributed by atoms with E-state index in [2.05, 4.69) is 10.3 Å². The third-order valence-corrected chi connectivity index (χ3v) is 2.27. The molecular weight excluding hydrogens is 208 g/mol. The van der Waals surface area contributed by atoms with E-state index in [0.717, 1.165) is 5.52 Å². The lowest BCUT2D eigenvalue weighted by Crippen LogP contribution is -2.33. The van der Waals surface area contributed by atoms with Gasteiger partial charge in [0.2, 0.25) is 5.89 Å². The Hall–Kier alpha value is -1.88. The van der Waals surface area contributed by atoms with E-state index in [4.69, 9.17) is 9.52 Å². The summed E-state index contributed by atoms with van der Waals surface area (Å²) in [7, 11) is 0. The molecule has 2 N–H and O–H groups in total. The molecule has 0 aliphatic carbocycles. The summed E-state index contributed by atoms with van der Waals surface area (Å²) in [6.45, 7) is 1.88. The van der Waals surface area contributed by atoms with Crippen LogP contribution in [0.2, 0.25) is 0 Å². The van der Waals surface area contributed by atoms with Crippen molar-refractivity contribution in [2.24, 2.45) is 0 Å². The Morgan fingerprint density at radius 3 is 3.00 bits per heavy atom. The van der Waals surface area contributed by atoms with Gasteiger partial charge in [-0.3, -0.25) is 10.1 Å². The Bertz CT molecular complexity index is 474. The number of rotatable bonds is 4. The van der Waals surface area contributed by atoms with Crippen molar-refractivity contribution in [2.75, 3.05) is 0 Å². The molecule has 2 rings (SSSR count). The van der Waals surface area contributed by atoms with Gasteiger partial charge in [-0.25, -0.2) is 4.98 Å². The molecule has 0 saturated carbocycles. The van der Waals surface area contributed by atoms with Crippen LogP contribution in [-0.2, 0) is 11.3 Å². The minimum absolute atomic E-state index is 0.308.